The average Bonchev–Trinajstić information content (AvgIpc) is 2.41. The van der Waals surface area contributed by atoms with Crippen molar-refractivity contribution in [2.24, 2.45) is 0 Å². The molecular formula is C16H20N2. The SMILES string of the molecule is CN(C)CC[C@H](c1ccccc1)c1ccncc1. The normalized spacial score (nSPS) is 12.6. The Bertz CT molecular complexity index is 412. The molecule has 0 unspecified atom stereocenters. The van der Waals surface area contributed by atoms with Crippen molar-refractivity contribution in [1.82, 2.24) is 9.88 Å². The lowest BCUT2D eigenvalue weighted by atomic mass is 9.89. The average molecular weight is 240 g/mol. The van der Waals surface area contributed by atoms with E-state index in [4.69, 9.17) is 0 Å². The van der Waals surface area contributed by atoms with E-state index < -0.39 is 0 Å². The molecule has 0 aliphatic rings. The van der Waals surface area contributed by atoms with Crippen LogP contribution in [0.4, 0.5) is 0 Å². The Labute approximate surface area is 109 Å². The topological polar surface area (TPSA) is 16.1 Å². The molecule has 18 heavy (non-hydrogen) atoms. The minimum absolute atomic E-state index is 0.455. The predicted octanol–water partition coefficient (Wildman–Crippen LogP) is 3.17. The van der Waals surface area contributed by atoms with Crippen LogP contribution in [0.15, 0.2) is 54.9 Å². The van der Waals surface area contributed by atoms with E-state index >= 15 is 0 Å². The Morgan fingerprint density at radius 1 is 0.944 bits per heavy atom. The Balaban J connectivity index is 2.24. The van der Waals surface area contributed by atoms with Gasteiger partial charge in [-0.1, -0.05) is 30.3 Å². The Kier molecular flexibility index (Phi) is 4.48. The molecule has 0 fully saturated rings. The van der Waals surface area contributed by atoms with Crippen LogP contribution in [0.3, 0.4) is 0 Å². The zero-order valence-corrected chi connectivity index (χ0v) is 11.1. The molecule has 1 aromatic heterocycles. The number of hydrogen-bond acceptors (Lipinski definition) is 2. The monoisotopic (exact) mass is 240 g/mol. The van der Waals surface area contributed by atoms with Crippen molar-refractivity contribution >= 4 is 0 Å². The Morgan fingerprint density at radius 2 is 1.56 bits per heavy atom. The van der Waals surface area contributed by atoms with Crippen LogP contribution < -0.4 is 0 Å². The number of nitrogens with zero attached hydrogens (tertiary/aromatic N) is 2. The van der Waals surface area contributed by atoms with Crippen molar-refractivity contribution < 1.29 is 0 Å². The van der Waals surface area contributed by atoms with E-state index in [2.05, 4.69) is 66.4 Å². The third-order valence-corrected chi connectivity index (χ3v) is 3.18. The summed E-state index contributed by atoms with van der Waals surface area (Å²) < 4.78 is 0. The lowest BCUT2D eigenvalue weighted by Crippen LogP contribution is -2.16. The highest BCUT2D eigenvalue weighted by Gasteiger charge is 2.13. The standard InChI is InChI=1S/C16H20N2/c1-18(2)13-10-16(14-6-4-3-5-7-14)15-8-11-17-12-9-15/h3-9,11-12,16H,10,13H2,1-2H3/t16-/m1/s1. The van der Waals surface area contributed by atoms with Gasteiger partial charge in [-0.3, -0.25) is 4.98 Å². The molecule has 0 saturated heterocycles. The van der Waals surface area contributed by atoms with Crippen LogP contribution in [-0.4, -0.2) is 30.5 Å². The quantitative estimate of drug-likeness (QED) is 0.798. The summed E-state index contributed by atoms with van der Waals surface area (Å²) in [4.78, 5) is 6.34. The number of aromatic nitrogens is 1. The maximum atomic E-state index is 4.11. The largest absolute Gasteiger partial charge is 0.309 e. The zero-order valence-electron chi connectivity index (χ0n) is 11.1. The smallest absolute Gasteiger partial charge is 0.0270 e. The van der Waals surface area contributed by atoms with Gasteiger partial charge in [-0.25, -0.2) is 0 Å². The fourth-order valence-electron chi connectivity index (χ4n) is 2.19. The first-order valence-electron chi connectivity index (χ1n) is 6.37. The molecule has 2 rings (SSSR count). The molecule has 1 aromatic carbocycles. The number of pyridine rings is 1. The molecule has 0 bridgehead atoms. The molecule has 94 valence electrons. The van der Waals surface area contributed by atoms with Crippen LogP contribution in [0, 0.1) is 0 Å². The fraction of sp³-hybridized carbons (Fsp3) is 0.312. The number of rotatable bonds is 5. The summed E-state index contributed by atoms with van der Waals surface area (Å²) in [5.41, 5.74) is 2.73. The Morgan fingerprint density at radius 3 is 2.17 bits per heavy atom. The predicted molar refractivity (Wildman–Crippen MR) is 75.7 cm³/mol. The summed E-state index contributed by atoms with van der Waals surface area (Å²) >= 11 is 0. The van der Waals surface area contributed by atoms with E-state index in [1.807, 2.05) is 12.4 Å². The molecule has 0 spiro atoms. The van der Waals surface area contributed by atoms with Crippen molar-refractivity contribution in [3.63, 3.8) is 0 Å². The second-order valence-electron chi connectivity index (χ2n) is 4.84. The van der Waals surface area contributed by atoms with E-state index in [1.165, 1.54) is 11.1 Å². The molecule has 0 aliphatic carbocycles. The lowest BCUT2D eigenvalue weighted by Gasteiger charge is -2.20. The van der Waals surface area contributed by atoms with Crippen molar-refractivity contribution in [1.29, 1.82) is 0 Å². The first-order valence-corrected chi connectivity index (χ1v) is 6.37. The van der Waals surface area contributed by atoms with E-state index in [9.17, 15) is 0 Å². The summed E-state index contributed by atoms with van der Waals surface area (Å²) in [6.07, 6.45) is 4.88. The van der Waals surface area contributed by atoms with Crippen LogP contribution in [0.2, 0.25) is 0 Å². The molecular weight excluding hydrogens is 220 g/mol. The highest BCUT2D eigenvalue weighted by Crippen LogP contribution is 2.27. The van der Waals surface area contributed by atoms with Crippen molar-refractivity contribution in [3.8, 4) is 0 Å². The van der Waals surface area contributed by atoms with Crippen molar-refractivity contribution in [2.75, 3.05) is 20.6 Å². The van der Waals surface area contributed by atoms with Gasteiger partial charge in [0, 0.05) is 18.3 Å². The first-order chi connectivity index (χ1) is 8.77. The molecule has 0 aliphatic heterocycles. The van der Waals surface area contributed by atoms with Gasteiger partial charge in [0.05, 0.1) is 0 Å². The highest BCUT2D eigenvalue weighted by atomic mass is 15.0. The minimum Gasteiger partial charge on any atom is -0.309 e. The molecule has 0 saturated carbocycles. The first kappa shape index (κ1) is 12.8. The molecule has 0 radical (unpaired) electrons. The maximum Gasteiger partial charge on any atom is 0.0270 e. The summed E-state index contributed by atoms with van der Waals surface area (Å²) in [6.45, 7) is 1.09. The van der Waals surface area contributed by atoms with Gasteiger partial charge in [0.15, 0.2) is 0 Å². The summed E-state index contributed by atoms with van der Waals surface area (Å²) in [6, 6.07) is 14.9. The second kappa shape index (κ2) is 6.31. The van der Waals surface area contributed by atoms with E-state index in [-0.39, 0.29) is 0 Å². The Hall–Kier alpha value is -1.67. The molecule has 2 nitrogen and oxygen atoms in total. The van der Waals surface area contributed by atoms with E-state index in [1.54, 1.807) is 0 Å². The third-order valence-electron chi connectivity index (χ3n) is 3.18. The van der Waals surface area contributed by atoms with Gasteiger partial charge in [0.1, 0.15) is 0 Å². The molecule has 0 amide bonds. The van der Waals surface area contributed by atoms with Crippen LogP contribution in [-0.2, 0) is 0 Å². The molecule has 0 N–H and O–H groups in total. The summed E-state index contributed by atoms with van der Waals surface area (Å²) in [5, 5.41) is 0. The second-order valence-corrected chi connectivity index (χ2v) is 4.84. The highest BCUT2D eigenvalue weighted by molar-refractivity contribution is 5.31. The molecule has 1 atom stereocenters. The molecule has 2 heteroatoms. The number of benzene rings is 1. The van der Waals surface area contributed by atoms with Crippen LogP contribution >= 0.6 is 0 Å². The van der Waals surface area contributed by atoms with Gasteiger partial charge in [-0.05, 0) is 50.3 Å². The van der Waals surface area contributed by atoms with Crippen molar-refractivity contribution in [2.45, 2.75) is 12.3 Å². The van der Waals surface area contributed by atoms with Crippen molar-refractivity contribution in [3.05, 3.63) is 66.0 Å². The van der Waals surface area contributed by atoms with Gasteiger partial charge in [0.2, 0.25) is 0 Å². The van der Waals surface area contributed by atoms with Gasteiger partial charge < -0.3 is 4.90 Å². The third kappa shape index (κ3) is 3.41. The minimum atomic E-state index is 0.455. The molecule has 2 aromatic rings. The lowest BCUT2D eigenvalue weighted by molar-refractivity contribution is 0.390. The van der Waals surface area contributed by atoms with Gasteiger partial charge in [0.25, 0.3) is 0 Å². The van der Waals surface area contributed by atoms with Gasteiger partial charge in [-0.15, -0.1) is 0 Å². The maximum absolute atomic E-state index is 4.11. The van der Waals surface area contributed by atoms with E-state index in [0.29, 0.717) is 5.92 Å². The van der Waals surface area contributed by atoms with Crippen LogP contribution in [0.25, 0.3) is 0 Å². The fourth-order valence-corrected chi connectivity index (χ4v) is 2.19. The summed E-state index contributed by atoms with van der Waals surface area (Å²) in [7, 11) is 4.24. The van der Waals surface area contributed by atoms with Gasteiger partial charge in [-0.2, -0.15) is 0 Å². The van der Waals surface area contributed by atoms with Crippen LogP contribution in [0.5, 0.6) is 0 Å². The van der Waals surface area contributed by atoms with E-state index in [0.717, 1.165) is 13.0 Å². The zero-order chi connectivity index (χ0) is 12.8. The van der Waals surface area contributed by atoms with Gasteiger partial charge >= 0.3 is 0 Å². The number of hydrogen-bond donors (Lipinski definition) is 0. The van der Waals surface area contributed by atoms with Crippen LogP contribution in [0.1, 0.15) is 23.5 Å². The summed E-state index contributed by atoms with van der Waals surface area (Å²) in [5.74, 6) is 0.455. The molecule has 1 heterocycles.